The Bertz CT molecular complexity index is 611. The van der Waals surface area contributed by atoms with Crippen molar-refractivity contribution < 1.29 is 9.18 Å². The Morgan fingerprint density at radius 2 is 1.95 bits per heavy atom. The van der Waals surface area contributed by atoms with E-state index in [4.69, 9.17) is 0 Å². The van der Waals surface area contributed by atoms with Gasteiger partial charge in [-0.05, 0) is 37.3 Å². The summed E-state index contributed by atoms with van der Waals surface area (Å²) >= 11 is 0. The molecule has 0 fully saturated rings. The second-order valence-electron chi connectivity index (χ2n) is 3.88. The van der Waals surface area contributed by atoms with Crippen LogP contribution in [-0.2, 0) is 0 Å². The van der Waals surface area contributed by atoms with Gasteiger partial charge in [-0.15, -0.1) is 0 Å². The van der Waals surface area contributed by atoms with Crippen LogP contribution in [0.1, 0.15) is 22.8 Å². The van der Waals surface area contributed by atoms with Gasteiger partial charge in [-0.25, -0.2) is 9.82 Å². The molecule has 1 heterocycles. The number of pyridine rings is 1. The molecule has 5 heteroatoms. The fraction of sp³-hybridized carbons (Fsp3) is 0.0714. The largest absolute Gasteiger partial charge is 0.271 e. The molecule has 0 aliphatic carbocycles. The van der Waals surface area contributed by atoms with Crippen molar-refractivity contribution in [3.8, 4) is 0 Å². The van der Waals surface area contributed by atoms with Crippen LogP contribution in [0.3, 0.4) is 0 Å². The maximum atomic E-state index is 13.0. The molecule has 2 rings (SSSR count). The molecule has 0 unspecified atom stereocenters. The summed E-state index contributed by atoms with van der Waals surface area (Å²) in [4.78, 5) is 15.6. The Labute approximate surface area is 110 Å². The molecule has 1 amide bonds. The molecule has 1 aromatic heterocycles. The van der Waals surface area contributed by atoms with Gasteiger partial charge in [-0.3, -0.25) is 9.78 Å². The molecule has 0 saturated heterocycles. The van der Waals surface area contributed by atoms with Crippen molar-refractivity contribution in [3.05, 3.63) is 65.7 Å². The third-order valence-corrected chi connectivity index (χ3v) is 2.51. The molecule has 0 aliphatic rings. The molecule has 0 atom stereocenters. The first-order chi connectivity index (χ1) is 9.16. The molecule has 0 saturated carbocycles. The van der Waals surface area contributed by atoms with Gasteiger partial charge in [-0.2, -0.15) is 5.10 Å². The zero-order valence-corrected chi connectivity index (χ0v) is 10.3. The van der Waals surface area contributed by atoms with Gasteiger partial charge < -0.3 is 0 Å². The van der Waals surface area contributed by atoms with Crippen molar-refractivity contribution in [3.63, 3.8) is 0 Å². The second-order valence-corrected chi connectivity index (χ2v) is 3.88. The van der Waals surface area contributed by atoms with E-state index in [1.165, 1.54) is 18.2 Å². The van der Waals surface area contributed by atoms with Crippen LogP contribution in [0, 0.1) is 5.82 Å². The molecule has 4 nitrogen and oxygen atoms in total. The maximum Gasteiger partial charge on any atom is 0.271 e. The fourth-order valence-electron chi connectivity index (χ4n) is 1.49. The number of hydrogen-bond acceptors (Lipinski definition) is 3. The highest BCUT2D eigenvalue weighted by molar-refractivity contribution is 6.00. The highest BCUT2D eigenvalue weighted by Gasteiger charge is 2.05. The van der Waals surface area contributed by atoms with Crippen LogP contribution in [0.2, 0.25) is 0 Å². The number of nitrogens with zero attached hydrogens (tertiary/aromatic N) is 2. The van der Waals surface area contributed by atoms with E-state index in [-0.39, 0.29) is 5.56 Å². The molecule has 0 bridgehead atoms. The minimum absolute atomic E-state index is 0.228. The van der Waals surface area contributed by atoms with Gasteiger partial charge in [0.15, 0.2) is 0 Å². The third kappa shape index (κ3) is 3.45. The van der Waals surface area contributed by atoms with E-state index in [1.807, 2.05) is 0 Å². The van der Waals surface area contributed by atoms with E-state index in [9.17, 15) is 9.18 Å². The minimum atomic E-state index is -0.456. The number of nitrogens with one attached hydrogen (secondary N) is 1. The number of amides is 1. The van der Waals surface area contributed by atoms with E-state index in [0.29, 0.717) is 5.71 Å². The van der Waals surface area contributed by atoms with Crippen LogP contribution in [0.25, 0.3) is 0 Å². The van der Waals surface area contributed by atoms with Crippen LogP contribution < -0.4 is 5.43 Å². The Kier molecular flexibility index (Phi) is 3.97. The molecule has 19 heavy (non-hydrogen) atoms. The van der Waals surface area contributed by atoms with Crippen LogP contribution in [0.15, 0.2) is 53.9 Å². The van der Waals surface area contributed by atoms with E-state index in [2.05, 4.69) is 15.5 Å². The lowest BCUT2D eigenvalue weighted by Crippen LogP contribution is -2.19. The molecule has 0 radical (unpaired) electrons. The molecule has 0 aliphatic heterocycles. The van der Waals surface area contributed by atoms with Crippen molar-refractivity contribution in [2.45, 2.75) is 6.92 Å². The summed E-state index contributed by atoms with van der Waals surface area (Å²) in [5, 5.41) is 3.97. The standard InChI is InChI=1S/C14H12FN3O/c1-10(11-5-7-16-8-6-11)17-18-14(19)12-3-2-4-13(15)9-12/h2-9H,1H3,(H,18,19). The van der Waals surface area contributed by atoms with E-state index >= 15 is 0 Å². The number of hydrogen-bond donors (Lipinski definition) is 1. The van der Waals surface area contributed by atoms with E-state index in [1.54, 1.807) is 31.5 Å². The maximum absolute atomic E-state index is 13.0. The predicted octanol–water partition coefficient (Wildman–Crippen LogP) is 2.37. The number of aromatic nitrogens is 1. The van der Waals surface area contributed by atoms with Gasteiger partial charge in [0.05, 0.1) is 5.71 Å². The predicted molar refractivity (Wildman–Crippen MR) is 70.3 cm³/mol. The number of carbonyl (C=O) groups is 1. The topological polar surface area (TPSA) is 54.4 Å². The monoisotopic (exact) mass is 257 g/mol. The molecular formula is C14H12FN3O. The quantitative estimate of drug-likeness (QED) is 0.678. The Hall–Kier alpha value is -2.56. The first kappa shape index (κ1) is 12.9. The summed E-state index contributed by atoms with van der Waals surface area (Å²) in [5.41, 5.74) is 4.12. The summed E-state index contributed by atoms with van der Waals surface area (Å²) in [7, 11) is 0. The average molecular weight is 257 g/mol. The molecular weight excluding hydrogens is 245 g/mol. The van der Waals surface area contributed by atoms with Crippen molar-refractivity contribution >= 4 is 11.6 Å². The fourth-order valence-corrected chi connectivity index (χ4v) is 1.49. The van der Waals surface area contributed by atoms with Crippen molar-refractivity contribution in [2.75, 3.05) is 0 Å². The lowest BCUT2D eigenvalue weighted by atomic mass is 10.2. The van der Waals surface area contributed by atoms with Crippen LogP contribution in [0.4, 0.5) is 4.39 Å². The SMILES string of the molecule is CC(=NNC(=O)c1cccc(F)c1)c1ccncc1. The average Bonchev–Trinajstić information content (AvgIpc) is 2.45. The van der Waals surface area contributed by atoms with Crippen molar-refractivity contribution in [1.82, 2.24) is 10.4 Å². The van der Waals surface area contributed by atoms with Gasteiger partial charge in [-0.1, -0.05) is 6.07 Å². The highest BCUT2D eigenvalue weighted by atomic mass is 19.1. The highest BCUT2D eigenvalue weighted by Crippen LogP contribution is 2.03. The lowest BCUT2D eigenvalue weighted by molar-refractivity contribution is 0.0954. The van der Waals surface area contributed by atoms with Crippen LogP contribution >= 0.6 is 0 Å². The number of benzene rings is 1. The zero-order valence-electron chi connectivity index (χ0n) is 10.3. The Morgan fingerprint density at radius 1 is 1.21 bits per heavy atom. The Morgan fingerprint density at radius 3 is 2.63 bits per heavy atom. The number of halogens is 1. The van der Waals surface area contributed by atoms with Gasteiger partial charge in [0.25, 0.3) is 5.91 Å². The van der Waals surface area contributed by atoms with Crippen LogP contribution in [0.5, 0.6) is 0 Å². The second kappa shape index (κ2) is 5.86. The lowest BCUT2D eigenvalue weighted by Gasteiger charge is -2.02. The van der Waals surface area contributed by atoms with E-state index < -0.39 is 11.7 Å². The summed E-state index contributed by atoms with van der Waals surface area (Å²) in [6.07, 6.45) is 3.28. The first-order valence-corrected chi connectivity index (χ1v) is 5.67. The number of hydrazone groups is 1. The zero-order chi connectivity index (χ0) is 13.7. The number of rotatable bonds is 3. The summed E-state index contributed by atoms with van der Waals surface area (Å²) < 4.78 is 13.0. The van der Waals surface area contributed by atoms with Gasteiger partial charge in [0.1, 0.15) is 5.82 Å². The molecule has 1 aromatic carbocycles. The third-order valence-electron chi connectivity index (χ3n) is 2.51. The van der Waals surface area contributed by atoms with Crippen molar-refractivity contribution in [1.29, 1.82) is 0 Å². The molecule has 2 aromatic rings. The normalized spacial score (nSPS) is 11.2. The van der Waals surface area contributed by atoms with Gasteiger partial charge in [0, 0.05) is 23.5 Å². The summed E-state index contributed by atoms with van der Waals surface area (Å²) in [6.45, 7) is 1.77. The van der Waals surface area contributed by atoms with Gasteiger partial charge >= 0.3 is 0 Å². The minimum Gasteiger partial charge on any atom is -0.267 e. The van der Waals surface area contributed by atoms with Crippen LogP contribution in [-0.4, -0.2) is 16.6 Å². The molecule has 96 valence electrons. The smallest absolute Gasteiger partial charge is 0.267 e. The summed E-state index contributed by atoms with van der Waals surface area (Å²) in [5.74, 6) is -0.907. The van der Waals surface area contributed by atoms with Crippen molar-refractivity contribution in [2.24, 2.45) is 5.10 Å². The first-order valence-electron chi connectivity index (χ1n) is 5.67. The van der Waals surface area contributed by atoms with E-state index in [0.717, 1.165) is 11.6 Å². The molecule has 1 N–H and O–H groups in total. The number of carbonyl (C=O) groups excluding carboxylic acids is 1. The Balaban J connectivity index is 2.08. The molecule has 0 spiro atoms. The van der Waals surface area contributed by atoms with Gasteiger partial charge in [0.2, 0.25) is 0 Å². The summed E-state index contributed by atoms with van der Waals surface area (Å²) in [6, 6.07) is 9.01.